The molecular weight excluding hydrogens is 679 g/mol. The van der Waals surface area contributed by atoms with Gasteiger partial charge >= 0.3 is 5.97 Å². The lowest BCUT2D eigenvalue weighted by molar-refractivity contribution is 0.0690. The standard InChI is InChI=1S/C40H43N5O4S2/c1-4-27(5-2)25-44(3)22-9-11-28-17-19-30(20-18-28)49-24-10-16-35-36(38(47)48)42-40(51-35)45-23-21-29-12-8-13-31(32(29)26-45)37(46)43-39-41-33-14-6-7-15-34(33)50-39/h6-8,12-15,17-20,27H,4-5,10,16,21-26H2,1-3H3,(H,47,48)(H,41,43,46). The highest BCUT2D eigenvalue weighted by atomic mass is 32.1. The van der Waals surface area contributed by atoms with Gasteiger partial charge in [0, 0.05) is 35.6 Å². The van der Waals surface area contributed by atoms with Crippen LogP contribution in [0, 0.1) is 17.8 Å². The highest BCUT2D eigenvalue weighted by Crippen LogP contribution is 2.33. The largest absolute Gasteiger partial charge is 0.494 e. The number of carbonyl (C=O) groups is 2. The molecule has 0 unspecified atom stereocenters. The Morgan fingerprint density at radius 3 is 2.61 bits per heavy atom. The molecule has 0 spiro atoms. The average Bonchev–Trinajstić information content (AvgIpc) is 3.76. The molecule has 1 aliphatic heterocycles. The molecule has 264 valence electrons. The molecule has 1 amide bonds. The van der Waals surface area contributed by atoms with Gasteiger partial charge in [-0.2, -0.15) is 0 Å². The molecule has 3 heterocycles. The number of fused-ring (bicyclic) bond motifs is 2. The molecule has 0 radical (unpaired) electrons. The highest BCUT2D eigenvalue weighted by Gasteiger charge is 2.26. The molecule has 0 atom stereocenters. The summed E-state index contributed by atoms with van der Waals surface area (Å²) in [7, 11) is 2.12. The lowest BCUT2D eigenvalue weighted by Crippen LogP contribution is -2.32. The molecule has 11 heteroatoms. The van der Waals surface area contributed by atoms with Gasteiger partial charge in [-0.15, -0.1) is 11.3 Å². The Balaban J connectivity index is 1.04. The van der Waals surface area contributed by atoms with Crippen molar-refractivity contribution in [3.05, 3.63) is 99.6 Å². The predicted octanol–water partition coefficient (Wildman–Crippen LogP) is 8.00. The molecule has 0 saturated heterocycles. The van der Waals surface area contributed by atoms with Gasteiger partial charge in [0.25, 0.3) is 5.91 Å². The number of anilines is 2. The summed E-state index contributed by atoms with van der Waals surface area (Å²) < 4.78 is 6.99. The molecule has 0 aliphatic carbocycles. The van der Waals surface area contributed by atoms with Crippen LogP contribution in [-0.4, -0.2) is 65.1 Å². The smallest absolute Gasteiger partial charge is 0.355 e. The first-order valence-electron chi connectivity index (χ1n) is 17.5. The lowest BCUT2D eigenvalue weighted by Gasteiger charge is -2.29. The van der Waals surface area contributed by atoms with E-state index in [4.69, 9.17) is 4.74 Å². The maximum atomic E-state index is 13.5. The number of aromatic carboxylic acids is 1. The van der Waals surface area contributed by atoms with Crippen molar-refractivity contribution < 1.29 is 19.4 Å². The van der Waals surface area contributed by atoms with Gasteiger partial charge in [-0.1, -0.05) is 74.1 Å². The lowest BCUT2D eigenvalue weighted by atomic mass is 9.94. The molecule has 51 heavy (non-hydrogen) atoms. The van der Waals surface area contributed by atoms with E-state index in [1.165, 1.54) is 35.5 Å². The number of nitrogens with zero attached hydrogens (tertiary/aromatic N) is 4. The molecule has 3 aromatic carbocycles. The Bertz CT molecular complexity index is 2010. The van der Waals surface area contributed by atoms with Crippen molar-refractivity contribution in [2.75, 3.05) is 43.5 Å². The van der Waals surface area contributed by atoms with Crippen LogP contribution in [0.15, 0.2) is 66.7 Å². The SMILES string of the molecule is CCC(CC)CN(C)CC#Cc1ccc(OCCCc2sc(N3CCc4cccc(C(=O)Nc5nc6ccccc6s5)c4C3)nc2C(=O)O)cc1. The van der Waals surface area contributed by atoms with E-state index in [1.54, 1.807) is 0 Å². The first-order chi connectivity index (χ1) is 24.8. The Kier molecular flexibility index (Phi) is 12.0. The second-order valence-electron chi connectivity index (χ2n) is 12.8. The van der Waals surface area contributed by atoms with Crippen molar-refractivity contribution >= 4 is 55.0 Å². The summed E-state index contributed by atoms with van der Waals surface area (Å²) in [5, 5.41) is 14.2. The summed E-state index contributed by atoms with van der Waals surface area (Å²) in [5.41, 5.74) is 4.49. The third kappa shape index (κ3) is 9.13. The summed E-state index contributed by atoms with van der Waals surface area (Å²) in [6.07, 6.45) is 4.28. The van der Waals surface area contributed by atoms with Gasteiger partial charge in [-0.3, -0.25) is 15.0 Å². The fourth-order valence-electron chi connectivity index (χ4n) is 6.24. The van der Waals surface area contributed by atoms with E-state index in [1.807, 2.05) is 66.7 Å². The van der Waals surface area contributed by atoms with Gasteiger partial charge in [-0.25, -0.2) is 14.8 Å². The van der Waals surface area contributed by atoms with E-state index in [9.17, 15) is 14.7 Å². The quantitative estimate of drug-likeness (QED) is 0.0878. The number of carbonyl (C=O) groups excluding carboxylic acids is 1. The number of hydrogen-bond acceptors (Lipinski definition) is 9. The van der Waals surface area contributed by atoms with E-state index < -0.39 is 5.97 Å². The number of aryl methyl sites for hydroxylation is 1. The minimum atomic E-state index is -1.04. The Morgan fingerprint density at radius 2 is 1.84 bits per heavy atom. The fourth-order valence-corrected chi connectivity index (χ4v) is 8.22. The Morgan fingerprint density at radius 1 is 1.04 bits per heavy atom. The summed E-state index contributed by atoms with van der Waals surface area (Å²) >= 11 is 2.84. The molecule has 9 nitrogen and oxygen atoms in total. The second kappa shape index (κ2) is 17.0. The van der Waals surface area contributed by atoms with Crippen LogP contribution < -0.4 is 15.0 Å². The molecule has 0 bridgehead atoms. The molecule has 5 aromatic rings. The first kappa shape index (κ1) is 36.0. The van der Waals surface area contributed by atoms with Gasteiger partial charge < -0.3 is 14.7 Å². The fraction of sp³-hybridized carbons (Fsp3) is 0.350. The predicted molar refractivity (Wildman–Crippen MR) is 207 cm³/mol. The van der Waals surface area contributed by atoms with Crippen molar-refractivity contribution in [3.8, 4) is 17.6 Å². The number of amides is 1. The highest BCUT2D eigenvalue weighted by molar-refractivity contribution is 7.22. The Hall–Kier alpha value is -4.76. The zero-order valence-corrected chi connectivity index (χ0v) is 30.9. The van der Waals surface area contributed by atoms with Crippen LogP contribution in [0.1, 0.15) is 75.5 Å². The normalized spacial score (nSPS) is 12.5. The minimum Gasteiger partial charge on any atom is -0.494 e. The van der Waals surface area contributed by atoms with Gasteiger partial charge in [-0.05, 0) is 85.8 Å². The number of rotatable bonds is 14. The number of hydrogen-bond donors (Lipinski definition) is 2. The van der Waals surface area contributed by atoms with Crippen LogP contribution >= 0.6 is 22.7 Å². The van der Waals surface area contributed by atoms with Gasteiger partial charge in [0.05, 0.1) is 23.4 Å². The number of carboxylic acid groups (broad SMARTS) is 1. The molecule has 2 aromatic heterocycles. The molecular formula is C40H43N5O4S2. The first-order valence-corrected chi connectivity index (χ1v) is 19.1. The maximum absolute atomic E-state index is 13.5. The molecule has 1 aliphatic rings. The number of nitrogens with one attached hydrogen (secondary N) is 1. The topological polar surface area (TPSA) is 108 Å². The number of para-hydroxylation sites is 1. The van der Waals surface area contributed by atoms with Gasteiger partial charge in [0.1, 0.15) is 5.75 Å². The van der Waals surface area contributed by atoms with Crippen molar-refractivity contribution in [3.63, 3.8) is 0 Å². The zero-order valence-electron chi connectivity index (χ0n) is 29.3. The van der Waals surface area contributed by atoms with Gasteiger partial charge in [0.15, 0.2) is 16.0 Å². The maximum Gasteiger partial charge on any atom is 0.355 e. The number of aromatic nitrogens is 2. The Labute approximate surface area is 307 Å². The summed E-state index contributed by atoms with van der Waals surface area (Å²) in [4.78, 5) is 39.8. The van der Waals surface area contributed by atoms with Gasteiger partial charge in [0.2, 0.25) is 0 Å². The van der Waals surface area contributed by atoms with E-state index in [0.717, 1.165) is 52.2 Å². The van der Waals surface area contributed by atoms with Crippen LogP contribution in [0.5, 0.6) is 5.75 Å². The van der Waals surface area contributed by atoms with Crippen LogP contribution in [0.4, 0.5) is 10.3 Å². The summed E-state index contributed by atoms with van der Waals surface area (Å²) in [6.45, 7) is 7.86. The summed E-state index contributed by atoms with van der Waals surface area (Å²) in [5.74, 6) is 6.72. The molecule has 0 saturated carbocycles. The molecule has 2 N–H and O–H groups in total. The van der Waals surface area contributed by atoms with Crippen LogP contribution in [0.25, 0.3) is 10.2 Å². The number of ether oxygens (including phenoxy) is 1. The second-order valence-corrected chi connectivity index (χ2v) is 14.9. The van der Waals surface area contributed by atoms with E-state index in [0.29, 0.717) is 59.2 Å². The average molecular weight is 722 g/mol. The van der Waals surface area contributed by atoms with E-state index in [-0.39, 0.29) is 11.6 Å². The van der Waals surface area contributed by atoms with Crippen molar-refractivity contribution in [2.45, 2.75) is 52.5 Å². The third-order valence-electron chi connectivity index (χ3n) is 9.17. The number of thiazole rings is 2. The van der Waals surface area contributed by atoms with E-state index >= 15 is 0 Å². The van der Waals surface area contributed by atoms with Crippen molar-refractivity contribution in [1.29, 1.82) is 0 Å². The molecule has 0 fully saturated rings. The zero-order chi connectivity index (χ0) is 35.7. The van der Waals surface area contributed by atoms with Crippen LogP contribution in [0.3, 0.4) is 0 Å². The van der Waals surface area contributed by atoms with Crippen LogP contribution in [0.2, 0.25) is 0 Å². The number of carboxylic acids is 1. The molecule has 6 rings (SSSR count). The van der Waals surface area contributed by atoms with Crippen LogP contribution in [-0.2, 0) is 19.4 Å². The third-order valence-corrected chi connectivity index (χ3v) is 11.3. The van der Waals surface area contributed by atoms with Crippen molar-refractivity contribution in [2.24, 2.45) is 5.92 Å². The minimum absolute atomic E-state index is 0.0798. The summed E-state index contributed by atoms with van der Waals surface area (Å²) in [6, 6.07) is 21.4. The monoisotopic (exact) mass is 721 g/mol. The number of benzene rings is 3. The van der Waals surface area contributed by atoms with E-state index in [2.05, 4.69) is 57.8 Å². The van der Waals surface area contributed by atoms with Crippen molar-refractivity contribution in [1.82, 2.24) is 14.9 Å².